The van der Waals surface area contributed by atoms with Crippen molar-refractivity contribution in [3.8, 4) is 0 Å². The summed E-state index contributed by atoms with van der Waals surface area (Å²) in [5.74, 6) is -0.525. The van der Waals surface area contributed by atoms with Crippen LogP contribution in [0.3, 0.4) is 0 Å². The van der Waals surface area contributed by atoms with Gasteiger partial charge in [-0.2, -0.15) is 0 Å². The van der Waals surface area contributed by atoms with Crippen LogP contribution in [0.1, 0.15) is 0 Å². The second-order valence-corrected chi connectivity index (χ2v) is 6.41. The van der Waals surface area contributed by atoms with Crippen LogP contribution < -0.4 is 10.5 Å². The van der Waals surface area contributed by atoms with Crippen molar-refractivity contribution in [2.75, 3.05) is 10.5 Å². The molecule has 0 aliphatic heterocycles. The van der Waals surface area contributed by atoms with Gasteiger partial charge in [-0.25, -0.2) is 12.8 Å². The second-order valence-electron chi connectivity index (χ2n) is 3.91. The second kappa shape index (κ2) is 5.47. The molecule has 3 N–H and O–H groups in total. The average Bonchev–Trinajstić information content (AvgIpc) is 2.36. The van der Waals surface area contributed by atoms with E-state index in [1.165, 1.54) is 12.1 Å². The summed E-state index contributed by atoms with van der Waals surface area (Å²) >= 11 is 11.6. The highest BCUT2D eigenvalue weighted by Crippen LogP contribution is 2.32. The molecule has 0 unspecified atom stereocenters. The number of nitrogens with one attached hydrogen (secondary N) is 1. The number of sulfonamides is 1. The molecule has 0 aliphatic carbocycles. The van der Waals surface area contributed by atoms with Gasteiger partial charge in [0.2, 0.25) is 0 Å². The molecule has 2 rings (SSSR count). The van der Waals surface area contributed by atoms with Gasteiger partial charge in [0.25, 0.3) is 10.0 Å². The highest BCUT2D eigenvalue weighted by atomic mass is 35.5. The Morgan fingerprint density at radius 1 is 1.05 bits per heavy atom. The number of benzene rings is 2. The molecular formula is C12H9Cl2FN2O2S. The van der Waals surface area contributed by atoms with Gasteiger partial charge in [-0.3, -0.25) is 4.72 Å². The Hall–Kier alpha value is -1.50. The number of anilines is 2. The molecule has 2 aromatic carbocycles. The van der Waals surface area contributed by atoms with Crippen molar-refractivity contribution < 1.29 is 12.8 Å². The van der Waals surface area contributed by atoms with Crippen molar-refractivity contribution >= 4 is 44.6 Å². The normalized spacial score (nSPS) is 11.3. The van der Waals surface area contributed by atoms with E-state index in [-0.39, 0.29) is 26.3 Å². The summed E-state index contributed by atoms with van der Waals surface area (Å²) in [5.41, 5.74) is 5.89. The molecule has 0 bridgehead atoms. The molecule has 0 heterocycles. The van der Waals surface area contributed by atoms with Crippen molar-refractivity contribution in [2.24, 2.45) is 0 Å². The van der Waals surface area contributed by atoms with Crippen molar-refractivity contribution in [3.63, 3.8) is 0 Å². The zero-order valence-electron chi connectivity index (χ0n) is 9.90. The Balaban J connectivity index is 2.36. The number of hydrogen-bond acceptors (Lipinski definition) is 3. The monoisotopic (exact) mass is 334 g/mol. The van der Waals surface area contributed by atoms with Gasteiger partial charge in [0, 0.05) is 0 Å². The molecular weight excluding hydrogens is 326 g/mol. The molecule has 0 saturated heterocycles. The number of nitrogen functional groups attached to an aromatic ring is 1. The fourth-order valence-electron chi connectivity index (χ4n) is 1.47. The van der Waals surface area contributed by atoms with E-state index in [0.29, 0.717) is 0 Å². The summed E-state index contributed by atoms with van der Waals surface area (Å²) in [6, 6.07) is 7.08. The van der Waals surface area contributed by atoms with E-state index in [0.717, 1.165) is 24.3 Å². The summed E-state index contributed by atoms with van der Waals surface area (Å²) in [6.45, 7) is 0. The summed E-state index contributed by atoms with van der Waals surface area (Å²) in [6.07, 6.45) is 0. The maximum absolute atomic E-state index is 12.8. The van der Waals surface area contributed by atoms with Crippen molar-refractivity contribution in [3.05, 3.63) is 52.3 Å². The van der Waals surface area contributed by atoms with Gasteiger partial charge >= 0.3 is 0 Å². The molecule has 0 saturated carbocycles. The van der Waals surface area contributed by atoms with Crippen LogP contribution in [-0.2, 0) is 10.0 Å². The van der Waals surface area contributed by atoms with E-state index in [1.807, 2.05) is 0 Å². The minimum absolute atomic E-state index is 0.0806. The summed E-state index contributed by atoms with van der Waals surface area (Å²) in [7, 11) is -3.85. The lowest BCUT2D eigenvalue weighted by molar-refractivity contribution is 0.599. The minimum Gasteiger partial charge on any atom is -0.396 e. The average molecular weight is 335 g/mol. The van der Waals surface area contributed by atoms with Crippen LogP contribution in [0.4, 0.5) is 15.8 Å². The van der Waals surface area contributed by atoms with Crippen LogP contribution in [0.25, 0.3) is 0 Å². The van der Waals surface area contributed by atoms with Gasteiger partial charge in [-0.15, -0.1) is 0 Å². The summed E-state index contributed by atoms with van der Waals surface area (Å²) in [5, 5.41) is 0.267. The number of rotatable bonds is 3. The highest BCUT2D eigenvalue weighted by Gasteiger charge is 2.15. The first-order valence-electron chi connectivity index (χ1n) is 5.32. The maximum atomic E-state index is 12.8. The van der Waals surface area contributed by atoms with Crippen molar-refractivity contribution in [2.45, 2.75) is 4.90 Å². The molecule has 0 aromatic heterocycles. The lowest BCUT2D eigenvalue weighted by atomic mass is 10.3. The molecule has 106 valence electrons. The van der Waals surface area contributed by atoms with E-state index in [1.54, 1.807) is 0 Å². The molecule has 2 aromatic rings. The van der Waals surface area contributed by atoms with E-state index >= 15 is 0 Å². The Kier molecular flexibility index (Phi) is 4.08. The predicted octanol–water partition coefficient (Wildman–Crippen LogP) is 3.52. The fourth-order valence-corrected chi connectivity index (χ4v) is 3.00. The molecule has 0 aliphatic rings. The van der Waals surface area contributed by atoms with Gasteiger partial charge in [-0.05, 0) is 36.4 Å². The van der Waals surface area contributed by atoms with Gasteiger partial charge in [0.05, 0.1) is 26.3 Å². The topological polar surface area (TPSA) is 72.2 Å². The third-order valence-corrected chi connectivity index (χ3v) is 4.48. The SMILES string of the molecule is Nc1c(Cl)cc(NS(=O)(=O)c2ccc(F)cc2)cc1Cl. The van der Waals surface area contributed by atoms with Crippen molar-refractivity contribution in [1.82, 2.24) is 0 Å². The number of halogens is 3. The minimum atomic E-state index is -3.85. The first-order valence-corrected chi connectivity index (χ1v) is 7.56. The first-order chi connectivity index (χ1) is 9.29. The van der Waals surface area contributed by atoms with Gasteiger partial charge in [-0.1, -0.05) is 23.2 Å². The molecule has 20 heavy (non-hydrogen) atoms. The van der Waals surface area contributed by atoms with Crippen LogP contribution in [0, 0.1) is 5.82 Å². The van der Waals surface area contributed by atoms with Gasteiger partial charge < -0.3 is 5.73 Å². The van der Waals surface area contributed by atoms with Crippen LogP contribution in [-0.4, -0.2) is 8.42 Å². The van der Waals surface area contributed by atoms with Crippen LogP contribution in [0.2, 0.25) is 10.0 Å². The Morgan fingerprint density at radius 3 is 2.05 bits per heavy atom. The smallest absolute Gasteiger partial charge is 0.261 e. The lowest BCUT2D eigenvalue weighted by Gasteiger charge is -2.10. The van der Waals surface area contributed by atoms with Crippen LogP contribution in [0.5, 0.6) is 0 Å². The zero-order valence-corrected chi connectivity index (χ0v) is 12.2. The Labute approximate surface area is 125 Å². The maximum Gasteiger partial charge on any atom is 0.261 e. The molecule has 4 nitrogen and oxygen atoms in total. The van der Waals surface area contributed by atoms with Gasteiger partial charge in [0.1, 0.15) is 5.82 Å². The quantitative estimate of drug-likeness (QED) is 0.843. The molecule has 0 spiro atoms. The van der Waals surface area contributed by atoms with E-state index < -0.39 is 15.8 Å². The first kappa shape index (κ1) is 14.9. The van der Waals surface area contributed by atoms with E-state index in [4.69, 9.17) is 28.9 Å². The third kappa shape index (κ3) is 3.15. The molecule has 0 atom stereocenters. The number of nitrogens with two attached hydrogens (primary N) is 1. The molecule has 8 heteroatoms. The Morgan fingerprint density at radius 2 is 1.55 bits per heavy atom. The van der Waals surface area contributed by atoms with E-state index in [2.05, 4.69) is 4.72 Å². The van der Waals surface area contributed by atoms with Gasteiger partial charge in [0.15, 0.2) is 0 Å². The Bertz CT molecular complexity index is 726. The zero-order chi connectivity index (χ0) is 14.9. The number of hydrogen-bond donors (Lipinski definition) is 2. The van der Waals surface area contributed by atoms with E-state index in [9.17, 15) is 12.8 Å². The predicted molar refractivity (Wildman–Crippen MR) is 78.1 cm³/mol. The summed E-state index contributed by atoms with van der Waals surface area (Å²) < 4.78 is 39.2. The third-order valence-electron chi connectivity index (χ3n) is 2.46. The standard InChI is InChI=1S/C12H9Cl2FN2O2S/c13-10-5-8(6-11(14)12(10)16)17-20(18,19)9-3-1-7(15)2-4-9/h1-6,17H,16H2. The molecule has 0 amide bonds. The fraction of sp³-hybridized carbons (Fsp3) is 0. The molecule has 0 fully saturated rings. The van der Waals surface area contributed by atoms with Crippen molar-refractivity contribution in [1.29, 1.82) is 0 Å². The van der Waals surface area contributed by atoms with Crippen LogP contribution in [0.15, 0.2) is 41.3 Å². The largest absolute Gasteiger partial charge is 0.396 e. The lowest BCUT2D eigenvalue weighted by Crippen LogP contribution is -2.13. The van der Waals surface area contributed by atoms with Crippen LogP contribution >= 0.6 is 23.2 Å². The highest BCUT2D eigenvalue weighted by molar-refractivity contribution is 7.92. The summed E-state index contributed by atoms with van der Waals surface area (Å²) in [4.78, 5) is -0.0806. The molecule has 0 radical (unpaired) electrons.